The molecular weight excluding hydrogens is 284 g/mol. The molecule has 1 aromatic heterocycles. The number of nitrogens with one attached hydrogen (secondary N) is 1. The predicted octanol–water partition coefficient (Wildman–Crippen LogP) is 1.98. The Labute approximate surface area is 122 Å². The number of β-amino-alcohol motifs (C(OH)–C–C–N with tert-alkyl or cyclic N) is 1. The lowest BCUT2D eigenvalue weighted by Crippen LogP contribution is -2.39. The lowest BCUT2D eigenvalue weighted by atomic mass is 10.1. The molecule has 1 fully saturated rings. The van der Waals surface area contributed by atoms with Crippen LogP contribution in [0.15, 0.2) is 11.4 Å². The highest BCUT2D eigenvalue weighted by atomic mass is 35.5. The minimum Gasteiger partial charge on any atom is -0.392 e. The van der Waals surface area contributed by atoms with Crippen molar-refractivity contribution in [3.63, 3.8) is 0 Å². The topological polar surface area (TPSA) is 52.6 Å². The van der Waals surface area contributed by atoms with E-state index in [9.17, 15) is 9.90 Å². The second-order valence-electron chi connectivity index (χ2n) is 4.80. The van der Waals surface area contributed by atoms with Crippen molar-refractivity contribution in [2.45, 2.75) is 25.4 Å². The van der Waals surface area contributed by atoms with Crippen LogP contribution in [0.25, 0.3) is 0 Å². The molecule has 2 rings (SSSR count). The van der Waals surface area contributed by atoms with Gasteiger partial charge in [-0.1, -0.05) is 11.6 Å². The maximum absolute atomic E-state index is 11.8. The smallest absolute Gasteiger partial charge is 0.262 e. The predicted molar refractivity (Wildman–Crippen MR) is 78.0 cm³/mol. The van der Waals surface area contributed by atoms with E-state index in [2.05, 4.69) is 10.2 Å². The number of carbonyl (C=O) groups is 1. The van der Waals surface area contributed by atoms with Crippen molar-refractivity contribution in [1.29, 1.82) is 0 Å². The zero-order valence-corrected chi connectivity index (χ0v) is 12.3. The number of carbonyl (C=O) groups excluding carboxylic acids is 1. The van der Waals surface area contributed by atoms with E-state index in [-0.39, 0.29) is 12.0 Å². The van der Waals surface area contributed by atoms with Crippen LogP contribution in [0.4, 0.5) is 0 Å². The van der Waals surface area contributed by atoms with Crippen molar-refractivity contribution in [2.75, 3.05) is 26.2 Å². The summed E-state index contributed by atoms with van der Waals surface area (Å²) in [7, 11) is 0. The minimum atomic E-state index is -0.187. The molecule has 6 heteroatoms. The molecule has 1 amide bonds. The number of halogens is 1. The average molecular weight is 303 g/mol. The second-order valence-corrected chi connectivity index (χ2v) is 6.13. The fraction of sp³-hybridized carbons (Fsp3) is 0.615. The van der Waals surface area contributed by atoms with Crippen LogP contribution in [0.2, 0.25) is 5.02 Å². The first kappa shape index (κ1) is 14.8. The van der Waals surface area contributed by atoms with Gasteiger partial charge in [0, 0.05) is 13.1 Å². The Bertz CT molecular complexity index is 425. The highest BCUT2D eigenvalue weighted by Crippen LogP contribution is 2.21. The van der Waals surface area contributed by atoms with Crippen molar-refractivity contribution in [2.24, 2.45) is 0 Å². The first-order valence-corrected chi connectivity index (χ1v) is 7.84. The van der Waals surface area contributed by atoms with Crippen molar-refractivity contribution >= 4 is 28.8 Å². The second kappa shape index (κ2) is 7.24. The van der Waals surface area contributed by atoms with Crippen molar-refractivity contribution in [1.82, 2.24) is 10.2 Å². The highest BCUT2D eigenvalue weighted by Gasteiger charge is 2.17. The fourth-order valence-electron chi connectivity index (χ4n) is 2.27. The molecule has 1 unspecified atom stereocenters. The molecule has 19 heavy (non-hydrogen) atoms. The van der Waals surface area contributed by atoms with Gasteiger partial charge in [-0.25, -0.2) is 0 Å². The van der Waals surface area contributed by atoms with E-state index >= 15 is 0 Å². The number of rotatable bonds is 5. The van der Waals surface area contributed by atoms with E-state index in [0.29, 0.717) is 16.4 Å². The Kier molecular flexibility index (Phi) is 5.63. The Morgan fingerprint density at radius 3 is 3.16 bits per heavy atom. The maximum atomic E-state index is 11.8. The number of hydrogen-bond donors (Lipinski definition) is 2. The van der Waals surface area contributed by atoms with Crippen molar-refractivity contribution < 1.29 is 9.90 Å². The third-order valence-corrected chi connectivity index (χ3v) is 4.58. The number of aliphatic hydroxyl groups is 1. The quantitative estimate of drug-likeness (QED) is 0.818. The molecule has 4 nitrogen and oxygen atoms in total. The molecule has 1 saturated heterocycles. The molecule has 0 spiro atoms. The minimum absolute atomic E-state index is 0.0984. The molecule has 0 radical (unpaired) electrons. The molecule has 1 aliphatic heterocycles. The zero-order chi connectivity index (χ0) is 13.7. The molecule has 0 bridgehead atoms. The van der Waals surface area contributed by atoms with Crippen LogP contribution in [0, 0.1) is 0 Å². The van der Waals surface area contributed by atoms with Gasteiger partial charge in [-0.2, -0.15) is 0 Å². The fourth-order valence-corrected chi connectivity index (χ4v) is 3.33. The van der Waals surface area contributed by atoms with E-state index < -0.39 is 0 Å². The van der Waals surface area contributed by atoms with Crippen molar-refractivity contribution in [3.8, 4) is 0 Å². The monoisotopic (exact) mass is 302 g/mol. The summed E-state index contributed by atoms with van der Waals surface area (Å²) in [5.74, 6) is -0.0984. The lowest BCUT2D eigenvalue weighted by molar-refractivity contribution is 0.0697. The largest absolute Gasteiger partial charge is 0.392 e. The van der Waals surface area contributed by atoms with Gasteiger partial charge >= 0.3 is 0 Å². The zero-order valence-electron chi connectivity index (χ0n) is 10.8. The number of aliphatic hydroxyl groups excluding tert-OH is 1. The van der Waals surface area contributed by atoms with Gasteiger partial charge in [0.2, 0.25) is 0 Å². The standard InChI is InChI=1S/C13H19ClN2O2S/c14-11-4-8-19-12(11)13(18)15-5-2-7-16-6-1-3-10(17)9-16/h4,8,10,17H,1-3,5-7,9H2,(H,15,18). The molecule has 2 N–H and O–H groups in total. The first-order chi connectivity index (χ1) is 9.16. The summed E-state index contributed by atoms with van der Waals surface area (Å²) in [5.41, 5.74) is 0. The molecule has 1 aromatic rings. The van der Waals surface area contributed by atoms with Gasteiger partial charge in [-0.05, 0) is 43.8 Å². The Morgan fingerprint density at radius 1 is 1.63 bits per heavy atom. The van der Waals surface area contributed by atoms with E-state index in [4.69, 9.17) is 11.6 Å². The van der Waals surface area contributed by atoms with Crippen LogP contribution in [0.1, 0.15) is 28.9 Å². The summed E-state index contributed by atoms with van der Waals surface area (Å²) >= 11 is 7.26. The van der Waals surface area contributed by atoms with Crippen LogP contribution in [-0.2, 0) is 0 Å². The van der Waals surface area contributed by atoms with Crippen LogP contribution >= 0.6 is 22.9 Å². The van der Waals surface area contributed by atoms with E-state index in [1.807, 2.05) is 5.38 Å². The summed E-state index contributed by atoms with van der Waals surface area (Å²) in [6.45, 7) is 3.35. The molecule has 0 aliphatic carbocycles. The third-order valence-electron chi connectivity index (χ3n) is 3.24. The SMILES string of the molecule is O=C(NCCCN1CCCC(O)C1)c1sccc1Cl. The normalized spacial score (nSPS) is 20.4. The molecule has 106 valence electrons. The molecule has 0 aromatic carbocycles. The Morgan fingerprint density at radius 2 is 2.47 bits per heavy atom. The lowest BCUT2D eigenvalue weighted by Gasteiger charge is -2.29. The van der Waals surface area contributed by atoms with E-state index in [1.165, 1.54) is 11.3 Å². The van der Waals surface area contributed by atoms with E-state index in [0.717, 1.165) is 38.9 Å². The first-order valence-electron chi connectivity index (χ1n) is 6.58. The van der Waals surface area contributed by atoms with Crippen LogP contribution in [0.5, 0.6) is 0 Å². The number of amides is 1. The summed E-state index contributed by atoms with van der Waals surface area (Å²) in [6.07, 6.45) is 2.66. The summed E-state index contributed by atoms with van der Waals surface area (Å²) < 4.78 is 0. The maximum Gasteiger partial charge on any atom is 0.262 e. The number of nitrogens with zero attached hydrogens (tertiary/aromatic N) is 1. The molecule has 2 heterocycles. The number of likely N-dealkylation sites (tertiary alicyclic amines) is 1. The summed E-state index contributed by atoms with van der Waals surface area (Å²) in [5, 5.41) is 14.8. The van der Waals surface area contributed by atoms with Crippen LogP contribution < -0.4 is 5.32 Å². The molecule has 0 saturated carbocycles. The van der Waals surface area contributed by atoms with Gasteiger partial charge < -0.3 is 15.3 Å². The molecule has 1 atom stereocenters. The van der Waals surface area contributed by atoms with E-state index in [1.54, 1.807) is 6.07 Å². The highest BCUT2D eigenvalue weighted by molar-refractivity contribution is 7.12. The average Bonchev–Trinajstić information content (AvgIpc) is 2.81. The third kappa shape index (κ3) is 4.45. The van der Waals surface area contributed by atoms with Crippen LogP contribution in [-0.4, -0.2) is 48.2 Å². The Hall–Kier alpha value is -0.620. The molecule has 1 aliphatic rings. The van der Waals surface area contributed by atoms with Gasteiger partial charge in [-0.3, -0.25) is 4.79 Å². The number of thiophene rings is 1. The Balaban J connectivity index is 1.64. The van der Waals surface area contributed by atoms with Gasteiger partial charge in [0.1, 0.15) is 4.88 Å². The summed E-state index contributed by atoms with van der Waals surface area (Å²) in [6, 6.07) is 1.73. The van der Waals surface area contributed by atoms with Crippen molar-refractivity contribution in [3.05, 3.63) is 21.3 Å². The van der Waals surface area contributed by atoms with Gasteiger partial charge in [0.25, 0.3) is 5.91 Å². The number of piperidine rings is 1. The molecular formula is C13H19ClN2O2S. The van der Waals surface area contributed by atoms with Gasteiger partial charge in [0.05, 0.1) is 11.1 Å². The van der Waals surface area contributed by atoms with Gasteiger partial charge in [0.15, 0.2) is 0 Å². The number of hydrogen-bond acceptors (Lipinski definition) is 4. The summed E-state index contributed by atoms with van der Waals surface area (Å²) in [4.78, 5) is 14.6. The van der Waals surface area contributed by atoms with Gasteiger partial charge in [-0.15, -0.1) is 11.3 Å². The van der Waals surface area contributed by atoms with Crippen LogP contribution in [0.3, 0.4) is 0 Å².